The molecule has 11 heavy (non-hydrogen) atoms. The summed E-state index contributed by atoms with van der Waals surface area (Å²) in [4.78, 5) is 10.4. The van der Waals surface area contributed by atoms with Gasteiger partial charge in [0.2, 0.25) is 0 Å². The molecule has 0 atom stereocenters. The maximum absolute atomic E-state index is 10.4. The van der Waals surface area contributed by atoms with E-state index < -0.39 is 0 Å². The summed E-state index contributed by atoms with van der Waals surface area (Å²) in [6, 6.07) is 0. The van der Waals surface area contributed by atoms with E-state index in [9.17, 15) is 4.79 Å². The molecule has 1 aliphatic rings. The second kappa shape index (κ2) is 3.91. The number of allylic oxidation sites excluding steroid dienone is 1. The van der Waals surface area contributed by atoms with Crippen molar-refractivity contribution in [2.24, 2.45) is 0 Å². The summed E-state index contributed by atoms with van der Waals surface area (Å²) < 4.78 is 0. The Hall–Kier alpha value is -1.11. The molecule has 1 aliphatic heterocycles. The van der Waals surface area contributed by atoms with Gasteiger partial charge in [-0.15, -0.1) is 6.58 Å². The Kier molecular flexibility index (Phi) is 2.84. The lowest BCUT2D eigenvalue weighted by molar-refractivity contribution is 0.565. The second-order valence-corrected chi connectivity index (χ2v) is 2.43. The SMILES string of the molecule is C=CCC1=CCNCC1=C=O. The Labute approximate surface area is 66.3 Å². The van der Waals surface area contributed by atoms with Gasteiger partial charge in [-0.25, -0.2) is 4.79 Å². The summed E-state index contributed by atoms with van der Waals surface area (Å²) >= 11 is 0. The van der Waals surface area contributed by atoms with Crippen LogP contribution < -0.4 is 5.32 Å². The number of nitrogens with one attached hydrogen (secondary N) is 1. The van der Waals surface area contributed by atoms with Crippen LogP contribution in [0.4, 0.5) is 0 Å². The molecule has 0 radical (unpaired) electrons. The Morgan fingerprint density at radius 3 is 3.27 bits per heavy atom. The summed E-state index contributed by atoms with van der Waals surface area (Å²) in [6.07, 6.45) is 4.58. The molecule has 0 saturated heterocycles. The Morgan fingerprint density at radius 2 is 2.64 bits per heavy atom. The van der Waals surface area contributed by atoms with E-state index >= 15 is 0 Å². The molecule has 1 heterocycles. The number of hydrogen-bond donors (Lipinski definition) is 1. The Balaban J connectivity index is 2.79. The normalized spacial score (nSPS) is 17.1. The van der Waals surface area contributed by atoms with E-state index in [2.05, 4.69) is 11.9 Å². The van der Waals surface area contributed by atoms with Crippen LogP contribution in [0.3, 0.4) is 0 Å². The highest BCUT2D eigenvalue weighted by Gasteiger charge is 2.07. The van der Waals surface area contributed by atoms with Crippen molar-refractivity contribution in [3.63, 3.8) is 0 Å². The zero-order valence-electron chi connectivity index (χ0n) is 6.39. The summed E-state index contributed by atoms with van der Waals surface area (Å²) in [5, 5.41) is 3.06. The van der Waals surface area contributed by atoms with Crippen LogP contribution in [-0.4, -0.2) is 19.0 Å². The largest absolute Gasteiger partial charge is 0.308 e. The maximum atomic E-state index is 10.4. The van der Waals surface area contributed by atoms with E-state index in [1.54, 1.807) is 6.08 Å². The van der Waals surface area contributed by atoms with Gasteiger partial charge in [-0.2, -0.15) is 0 Å². The van der Waals surface area contributed by atoms with Crippen molar-refractivity contribution in [3.05, 3.63) is 29.9 Å². The van der Waals surface area contributed by atoms with Crippen LogP contribution in [0.2, 0.25) is 0 Å². The van der Waals surface area contributed by atoms with Gasteiger partial charge >= 0.3 is 0 Å². The molecular formula is C9H11NO. The molecule has 2 heteroatoms. The van der Waals surface area contributed by atoms with E-state index in [0.717, 1.165) is 24.1 Å². The third kappa shape index (κ3) is 1.90. The van der Waals surface area contributed by atoms with Gasteiger partial charge in [-0.3, -0.25) is 0 Å². The molecular weight excluding hydrogens is 138 g/mol. The van der Waals surface area contributed by atoms with Crippen molar-refractivity contribution in [3.8, 4) is 0 Å². The highest BCUT2D eigenvalue weighted by molar-refractivity contribution is 5.62. The maximum Gasteiger partial charge on any atom is 0.129 e. The topological polar surface area (TPSA) is 29.1 Å². The highest BCUT2D eigenvalue weighted by atomic mass is 16.1. The van der Waals surface area contributed by atoms with Crippen molar-refractivity contribution < 1.29 is 4.79 Å². The lowest BCUT2D eigenvalue weighted by atomic mass is 10.0. The Bertz CT molecular complexity index is 234. The monoisotopic (exact) mass is 149 g/mol. The van der Waals surface area contributed by atoms with Crippen molar-refractivity contribution >= 4 is 5.94 Å². The lowest BCUT2D eigenvalue weighted by Crippen LogP contribution is -2.23. The molecule has 0 aromatic heterocycles. The Morgan fingerprint density at radius 1 is 1.82 bits per heavy atom. The third-order valence-electron chi connectivity index (χ3n) is 1.67. The number of rotatable bonds is 2. The minimum absolute atomic E-state index is 0.642. The minimum atomic E-state index is 0.642. The predicted octanol–water partition coefficient (Wildman–Crippen LogP) is 0.850. The highest BCUT2D eigenvalue weighted by Crippen LogP contribution is 2.13. The van der Waals surface area contributed by atoms with E-state index in [1.165, 1.54) is 0 Å². The summed E-state index contributed by atoms with van der Waals surface area (Å²) in [5.41, 5.74) is 1.80. The van der Waals surface area contributed by atoms with Crippen LogP contribution in [0, 0.1) is 0 Å². The molecule has 0 fully saturated rings. The fourth-order valence-corrected chi connectivity index (χ4v) is 1.09. The molecule has 0 saturated carbocycles. The second-order valence-electron chi connectivity index (χ2n) is 2.43. The van der Waals surface area contributed by atoms with Gasteiger partial charge in [0.1, 0.15) is 5.94 Å². The smallest absolute Gasteiger partial charge is 0.129 e. The van der Waals surface area contributed by atoms with Crippen molar-refractivity contribution in [1.82, 2.24) is 5.32 Å². The zero-order chi connectivity index (χ0) is 8.10. The van der Waals surface area contributed by atoms with Crippen LogP contribution in [-0.2, 0) is 4.79 Å². The molecule has 0 aromatic carbocycles. The van der Waals surface area contributed by atoms with Crippen LogP contribution in [0.15, 0.2) is 29.9 Å². The molecule has 58 valence electrons. The van der Waals surface area contributed by atoms with Crippen molar-refractivity contribution in [2.45, 2.75) is 6.42 Å². The molecule has 0 amide bonds. The van der Waals surface area contributed by atoms with Gasteiger partial charge in [-0.05, 0) is 12.0 Å². The lowest BCUT2D eigenvalue weighted by Gasteiger charge is -2.12. The minimum Gasteiger partial charge on any atom is -0.308 e. The van der Waals surface area contributed by atoms with Crippen LogP contribution >= 0.6 is 0 Å². The van der Waals surface area contributed by atoms with E-state index in [1.807, 2.05) is 12.0 Å². The predicted molar refractivity (Wildman–Crippen MR) is 45.0 cm³/mol. The van der Waals surface area contributed by atoms with Gasteiger partial charge in [-0.1, -0.05) is 12.2 Å². The number of carbonyl (C=O) groups excluding carboxylic acids is 1. The standard InChI is InChI=1S/C9H11NO/c1-2-3-8-4-5-10-6-9(8)7-11/h2,4,10H,1,3,5-6H2. The van der Waals surface area contributed by atoms with Gasteiger partial charge in [0.15, 0.2) is 0 Å². The van der Waals surface area contributed by atoms with E-state index in [0.29, 0.717) is 6.54 Å². The van der Waals surface area contributed by atoms with Gasteiger partial charge < -0.3 is 5.32 Å². The molecule has 0 bridgehead atoms. The molecule has 1 rings (SSSR count). The first-order chi connectivity index (χ1) is 5.38. The molecule has 0 aliphatic carbocycles. The fraction of sp³-hybridized carbons (Fsp3) is 0.333. The van der Waals surface area contributed by atoms with Crippen LogP contribution in [0.1, 0.15) is 6.42 Å². The summed E-state index contributed by atoms with van der Waals surface area (Å²) in [6.45, 7) is 5.10. The van der Waals surface area contributed by atoms with E-state index in [-0.39, 0.29) is 0 Å². The van der Waals surface area contributed by atoms with Crippen molar-refractivity contribution in [2.75, 3.05) is 13.1 Å². The van der Waals surface area contributed by atoms with E-state index in [4.69, 9.17) is 0 Å². The number of hydrogen-bond acceptors (Lipinski definition) is 2. The first-order valence-corrected chi connectivity index (χ1v) is 3.63. The zero-order valence-corrected chi connectivity index (χ0v) is 6.39. The molecule has 0 aromatic rings. The fourth-order valence-electron chi connectivity index (χ4n) is 1.09. The average molecular weight is 149 g/mol. The quantitative estimate of drug-likeness (QED) is 0.466. The molecule has 1 N–H and O–H groups in total. The van der Waals surface area contributed by atoms with Gasteiger partial charge in [0, 0.05) is 13.1 Å². The van der Waals surface area contributed by atoms with Crippen molar-refractivity contribution in [1.29, 1.82) is 0 Å². The first kappa shape index (κ1) is 7.99. The molecule has 0 unspecified atom stereocenters. The summed E-state index contributed by atoms with van der Waals surface area (Å²) in [7, 11) is 0. The average Bonchev–Trinajstić information content (AvgIpc) is 2.06. The van der Waals surface area contributed by atoms with Gasteiger partial charge in [0.25, 0.3) is 0 Å². The van der Waals surface area contributed by atoms with Crippen LogP contribution in [0.25, 0.3) is 0 Å². The third-order valence-corrected chi connectivity index (χ3v) is 1.67. The van der Waals surface area contributed by atoms with Crippen LogP contribution in [0.5, 0.6) is 0 Å². The summed E-state index contributed by atoms with van der Waals surface area (Å²) in [5.74, 6) is 1.93. The molecule has 2 nitrogen and oxygen atoms in total. The van der Waals surface area contributed by atoms with Gasteiger partial charge in [0.05, 0.1) is 5.57 Å². The first-order valence-electron chi connectivity index (χ1n) is 3.63. The molecule has 0 spiro atoms.